The van der Waals surface area contributed by atoms with Gasteiger partial charge in [-0.1, -0.05) is 18.2 Å². The maximum Gasteiger partial charge on any atom is 0.263 e. The Hall–Kier alpha value is -3.35. The highest BCUT2D eigenvalue weighted by Crippen LogP contribution is 2.27. The zero-order chi connectivity index (χ0) is 20.1. The molecule has 0 saturated heterocycles. The van der Waals surface area contributed by atoms with E-state index >= 15 is 0 Å². The minimum absolute atomic E-state index is 0.0892. The number of nitrogens with zero attached hydrogens (tertiary/aromatic N) is 2. The van der Waals surface area contributed by atoms with Crippen molar-refractivity contribution >= 4 is 11.7 Å². The zero-order valence-corrected chi connectivity index (χ0v) is 16.4. The molecule has 0 spiro atoms. The van der Waals surface area contributed by atoms with E-state index in [2.05, 4.69) is 15.6 Å². The number of hydrogen-bond acceptors (Lipinski definition) is 6. The van der Waals surface area contributed by atoms with Gasteiger partial charge in [0.05, 0.1) is 6.10 Å². The Bertz CT molecular complexity index is 928. The second-order valence-corrected chi connectivity index (χ2v) is 6.71. The number of amides is 1. The van der Waals surface area contributed by atoms with Gasteiger partial charge >= 0.3 is 0 Å². The molecule has 0 radical (unpaired) electrons. The van der Waals surface area contributed by atoms with Crippen LogP contribution < -0.4 is 14.8 Å². The van der Waals surface area contributed by atoms with E-state index in [-0.39, 0.29) is 24.4 Å². The summed E-state index contributed by atoms with van der Waals surface area (Å²) in [4.78, 5) is 12.3. The highest BCUT2D eigenvalue weighted by Gasteiger charge is 2.16. The fourth-order valence-corrected chi connectivity index (χ4v) is 2.76. The molecule has 0 aliphatic carbocycles. The Morgan fingerprint density at radius 3 is 2.39 bits per heavy atom. The standard InChI is InChI=1S/C21H23N3O4/c1-13(2)27-17-10-8-16(9-11-17)19-21(24-28-23-19)22-18(25)12-26-20-14(3)6-5-7-15(20)4/h5-11,13H,12H2,1-4H3,(H,22,24,25). The number of nitrogens with one attached hydrogen (secondary N) is 1. The van der Waals surface area contributed by atoms with Gasteiger partial charge in [0.25, 0.3) is 5.91 Å². The van der Waals surface area contributed by atoms with Gasteiger partial charge in [0.1, 0.15) is 11.5 Å². The molecule has 2 aromatic carbocycles. The SMILES string of the molecule is Cc1cccc(C)c1OCC(=O)Nc1nonc1-c1ccc(OC(C)C)cc1. The first-order chi connectivity index (χ1) is 13.4. The Morgan fingerprint density at radius 2 is 1.75 bits per heavy atom. The maximum atomic E-state index is 12.3. The van der Waals surface area contributed by atoms with Crippen LogP contribution in [0.4, 0.5) is 5.82 Å². The largest absolute Gasteiger partial charge is 0.491 e. The number of aromatic nitrogens is 2. The van der Waals surface area contributed by atoms with Crippen LogP contribution in [0.3, 0.4) is 0 Å². The topological polar surface area (TPSA) is 86.5 Å². The lowest BCUT2D eigenvalue weighted by atomic mass is 10.1. The van der Waals surface area contributed by atoms with Crippen molar-refractivity contribution in [2.45, 2.75) is 33.8 Å². The highest BCUT2D eigenvalue weighted by atomic mass is 16.6. The average Bonchev–Trinajstić information content (AvgIpc) is 3.09. The quantitative estimate of drug-likeness (QED) is 0.661. The third-order valence-electron chi connectivity index (χ3n) is 4.00. The van der Waals surface area contributed by atoms with Crippen molar-refractivity contribution in [3.05, 3.63) is 53.6 Å². The molecule has 3 aromatic rings. The molecule has 1 heterocycles. The summed E-state index contributed by atoms with van der Waals surface area (Å²) in [5.41, 5.74) is 3.14. The first-order valence-corrected chi connectivity index (χ1v) is 9.02. The second kappa shape index (κ2) is 8.56. The van der Waals surface area contributed by atoms with Gasteiger partial charge < -0.3 is 14.8 Å². The van der Waals surface area contributed by atoms with Crippen LogP contribution in [-0.4, -0.2) is 28.9 Å². The Balaban J connectivity index is 1.66. The first-order valence-electron chi connectivity index (χ1n) is 9.02. The van der Waals surface area contributed by atoms with Gasteiger partial charge in [0.15, 0.2) is 12.3 Å². The normalized spacial score (nSPS) is 10.8. The van der Waals surface area contributed by atoms with Crippen LogP contribution in [0.25, 0.3) is 11.3 Å². The van der Waals surface area contributed by atoms with E-state index in [1.807, 2.05) is 70.2 Å². The van der Waals surface area contributed by atoms with Crippen molar-refractivity contribution in [3.8, 4) is 22.8 Å². The molecule has 1 aromatic heterocycles. The van der Waals surface area contributed by atoms with E-state index in [0.717, 1.165) is 22.4 Å². The zero-order valence-electron chi connectivity index (χ0n) is 16.4. The van der Waals surface area contributed by atoms with Crippen LogP contribution in [0.15, 0.2) is 47.1 Å². The van der Waals surface area contributed by atoms with E-state index in [9.17, 15) is 4.79 Å². The Morgan fingerprint density at radius 1 is 1.07 bits per heavy atom. The smallest absolute Gasteiger partial charge is 0.263 e. The maximum absolute atomic E-state index is 12.3. The summed E-state index contributed by atoms with van der Waals surface area (Å²) in [6.07, 6.45) is 0.0892. The summed E-state index contributed by atoms with van der Waals surface area (Å²) in [5, 5.41) is 10.4. The molecule has 1 N–H and O–H groups in total. The van der Waals surface area contributed by atoms with Crippen LogP contribution in [0, 0.1) is 13.8 Å². The van der Waals surface area contributed by atoms with E-state index in [1.165, 1.54) is 0 Å². The molecule has 0 bridgehead atoms. The molecule has 28 heavy (non-hydrogen) atoms. The lowest BCUT2D eigenvalue weighted by Crippen LogP contribution is -2.21. The van der Waals surface area contributed by atoms with Gasteiger partial charge in [-0.2, -0.15) is 0 Å². The molecular weight excluding hydrogens is 358 g/mol. The number of anilines is 1. The summed E-state index contributed by atoms with van der Waals surface area (Å²) in [6.45, 7) is 7.66. The minimum atomic E-state index is -0.348. The lowest BCUT2D eigenvalue weighted by molar-refractivity contribution is -0.118. The van der Waals surface area contributed by atoms with Gasteiger partial charge in [0, 0.05) is 5.56 Å². The third kappa shape index (κ3) is 4.68. The molecule has 0 aliphatic heterocycles. The number of ether oxygens (including phenoxy) is 2. The monoisotopic (exact) mass is 381 g/mol. The van der Waals surface area contributed by atoms with Crippen LogP contribution in [0.2, 0.25) is 0 Å². The van der Waals surface area contributed by atoms with Crippen LogP contribution in [0.1, 0.15) is 25.0 Å². The highest BCUT2D eigenvalue weighted by molar-refractivity contribution is 5.94. The van der Waals surface area contributed by atoms with Gasteiger partial charge in [-0.05, 0) is 73.4 Å². The second-order valence-electron chi connectivity index (χ2n) is 6.71. The predicted octanol–water partition coefficient (Wildman–Crippen LogP) is 4.16. The van der Waals surface area contributed by atoms with E-state index in [0.29, 0.717) is 11.4 Å². The summed E-state index contributed by atoms with van der Waals surface area (Å²) in [7, 11) is 0. The van der Waals surface area contributed by atoms with Gasteiger partial charge in [0.2, 0.25) is 5.82 Å². The van der Waals surface area contributed by atoms with E-state index in [4.69, 9.17) is 14.1 Å². The predicted molar refractivity (Wildman–Crippen MR) is 106 cm³/mol. The molecular formula is C21H23N3O4. The van der Waals surface area contributed by atoms with Gasteiger partial charge in [-0.15, -0.1) is 0 Å². The molecule has 0 fully saturated rings. The summed E-state index contributed by atoms with van der Waals surface area (Å²) in [6, 6.07) is 13.2. The summed E-state index contributed by atoms with van der Waals surface area (Å²) >= 11 is 0. The number of hydrogen-bond donors (Lipinski definition) is 1. The Labute approximate surface area is 163 Å². The van der Waals surface area contributed by atoms with Crippen molar-refractivity contribution in [2.24, 2.45) is 0 Å². The van der Waals surface area contributed by atoms with Gasteiger partial charge in [-0.25, -0.2) is 4.63 Å². The van der Waals surface area contributed by atoms with Crippen molar-refractivity contribution < 1.29 is 18.9 Å². The fraction of sp³-hybridized carbons (Fsp3) is 0.286. The average molecular weight is 381 g/mol. The Kier molecular flexibility index (Phi) is 5.93. The fourth-order valence-electron chi connectivity index (χ4n) is 2.76. The number of carbonyl (C=O) groups excluding carboxylic acids is 1. The number of carbonyl (C=O) groups is 1. The first kappa shape index (κ1) is 19.4. The summed E-state index contributed by atoms with van der Waals surface area (Å²) in [5.74, 6) is 1.35. The molecule has 0 atom stereocenters. The molecule has 0 saturated carbocycles. The lowest BCUT2D eigenvalue weighted by Gasteiger charge is -2.11. The number of para-hydroxylation sites is 1. The van der Waals surface area contributed by atoms with E-state index in [1.54, 1.807) is 0 Å². The van der Waals surface area contributed by atoms with Crippen molar-refractivity contribution in [1.82, 2.24) is 10.3 Å². The van der Waals surface area contributed by atoms with Crippen molar-refractivity contribution in [1.29, 1.82) is 0 Å². The molecule has 0 aliphatic rings. The van der Waals surface area contributed by atoms with Crippen molar-refractivity contribution in [3.63, 3.8) is 0 Å². The molecule has 3 rings (SSSR count). The number of aryl methyl sites for hydroxylation is 2. The number of benzene rings is 2. The number of rotatable bonds is 7. The molecule has 146 valence electrons. The molecule has 0 unspecified atom stereocenters. The van der Waals surface area contributed by atoms with Crippen molar-refractivity contribution in [2.75, 3.05) is 11.9 Å². The van der Waals surface area contributed by atoms with Crippen LogP contribution >= 0.6 is 0 Å². The molecule has 7 heteroatoms. The van der Waals surface area contributed by atoms with Crippen LogP contribution in [0.5, 0.6) is 11.5 Å². The van der Waals surface area contributed by atoms with E-state index < -0.39 is 0 Å². The van der Waals surface area contributed by atoms with Gasteiger partial charge in [-0.3, -0.25) is 4.79 Å². The minimum Gasteiger partial charge on any atom is -0.491 e. The summed E-state index contributed by atoms with van der Waals surface area (Å²) < 4.78 is 16.1. The third-order valence-corrected chi connectivity index (χ3v) is 4.00. The molecule has 7 nitrogen and oxygen atoms in total. The van der Waals surface area contributed by atoms with Crippen LogP contribution in [-0.2, 0) is 4.79 Å². The molecule has 1 amide bonds.